The first-order chi connectivity index (χ1) is 9.54. The Morgan fingerprint density at radius 1 is 1.15 bits per heavy atom. The summed E-state index contributed by atoms with van der Waals surface area (Å²) in [6.45, 7) is 4.18. The molecule has 0 aliphatic heterocycles. The molecule has 0 amide bonds. The van der Waals surface area contributed by atoms with Gasteiger partial charge in [-0.15, -0.1) is 0 Å². The number of aromatic amines is 1. The number of fused-ring (bicyclic) bond motifs is 1. The van der Waals surface area contributed by atoms with E-state index in [0.29, 0.717) is 5.58 Å². The summed E-state index contributed by atoms with van der Waals surface area (Å²) in [5.74, 6) is -0.421. The third-order valence-corrected chi connectivity index (χ3v) is 4.47. The molecule has 102 valence electrons. The van der Waals surface area contributed by atoms with Crippen LogP contribution in [0.5, 0.6) is 0 Å². The number of hydrogen-bond acceptors (Lipinski definition) is 2. The predicted octanol–water partition coefficient (Wildman–Crippen LogP) is 4.22. The fourth-order valence-electron chi connectivity index (χ4n) is 2.33. The number of aromatic nitrogens is 1. The monoisotopic (exact) mass is 331 g/mol. The summed E-state index contributed by atoms with van der Waals surface area (Å²) in [5.41, 5.74) is 6.05. The molecule has 1 heterocycles. The number of nitrogens with one attached hydrogen (secondary N) is 1. The molecule has 0 aliphatic rings. The molecule has 0 saturated heterocycles. The molecule has 0 radical (unpaired) electrons. The summed E-state index contributed by atoms with van der Waals surface area (Å²) in [5, 5.41) is 0. The van der Waals surface area contributed by atoms with E-state index in [2.05, 4.69) is 53.0 Å². The molecule has 0 bridgehead atoms. The van der Waals surface area contributed by atoms with Crippen molar-refractivity contribution in [1.82, 2.24) is 4.98 Å². The Morgan fingerprint density at radius 2 is 1.95 bits per heavy atom. The predicted molar refractivity (Wildman–Crippen MR) is 83.5 cm³/mol. The summed E-state index contributed by atoms with van der Waals surface area (Å²) in [4.78, 5) is 13.9. The first-order valence-corrected chi connectivity index (χ1v) is 7.30. The second-order valence-corrected chi connectivity index (χ2v) is 5.91. The van der Waals surface area contributed by atoms with E-state index in [1.54, 1.807) is 0 Å². The highest BCUT2D eigenvalue weighted by Gasteiger charge is 2.14. The topological polar surface area (TPSA) is 46.0 Å². The van der Waals surface area contributed by atoms with Gasteiger partial charge in [0.2, 0.25) is 0 Å². The molecule has 1 N–H and O–H groups in total. The van der Waals surface area contributed by atoms with Crippen LogP contribution in [0.15, 0.2) is 45.6 Å². The highest BCUT2D eigenvalue weighted by atomic mass is 79.9. The lowest BCUT2D eigenvalue weighted by molar-refractivity contribution is 0.555. The second-order valence-electron chi connectivity index (χ2n) is 4.99. The molecule has 0 saturated carbocycles. The van der Waals surface area contributed by atoms with Crippen molar-refractivity contribution in [1.29, 1.82) is 0 Å². The molecule has 3 nitrogen and oxygen atoms in total. The van der Waals surface area contributed by atoms with Gasteiger partial charge in [0.1, 0.15) is 0 Å². The zero-order valence-corrected chi connectivity index (χ0v) is 12.8. The van der Waals surface area contributed by atoms with Crippen LogP contribution in [0.1, 0.15) is 27.1 Å². The standard InChI is InChI=1S/C16H14BrNO2/c1-9-3-4-10(2)12(7-9)15(17)11-5-6-13-14(8-11)20-16(19)18-13/h3-8,15H,1-2H3,(H,18,19). The van der Waals surface area contributed by atoms with Gasteiger partial charge in [-0.25, -0.2) is 4.79 Å². The Hall–Kier alpha value is -1.81. The van der Waals surface area contributed by atoms with E-state index in [0.717, 1.165) is 11.1 Å². The number of oxazole rings is 1. The number of hydrogen-bond donors (Lipinski definition) is 1. The fraction of sp³-hybridized carbons (Fsp3) is 0.188. The van der Waals surface area contributed by atoms with Crippen molar-refractivity contribution in [3.8, 4) is 0 Å². The molecule has 0 spiro atoms. The van der Waals surface area contributed by atoms with Crippen molar-refractivity contribution in [3.63, 3.8) is 0 Å². The normalized spacial score (nSPS) is 12.8. The van der Waals surface area contributed by atoms with Crippen LogP contribution < -0.4 is 5.76 Å². The summed E-state index contributed by atoms with van der Waals surface area (Å²) in [6, 6.07) is 12.2. The van der Waals surface area contributed by atoms with Crippen molar-refractivity contribution in [2.45, 2.75) is 18.7 Å². The van der Waals surface area contributed by atoms with Gasteiger partial charge < -0.3 is 4.42 Å². The number of benzene rings is 2. The molecule has 3 aromatic rings. The van der Waals surface area contributed by atoms with Crippen molar-refractivity contribution >= 4 is 27.0 Å². The first-order valence-electron chi connectivity index (χ1n) is 6.38. The number of aryl methyl sites for hydroxylation is 2. The van der Waals surface area contributed by atoms with Crippen LogP contribution in [0.2, 0.25) is 0 Å². The molecule has 4 heteroatoms. The van der Waals surface area contributed by atoms with Crippen LogP contribution >= 0.6 is 15.9 Å². The van der Waals surface area contributed by atoms with Gasteiger partial charge in [-0.3, -0.25) is 4.98 Å². The van der Waals surface area contributed by atoms with E-state index in [9.17, 15) is 4.79 Å². The molecule has 1 unspecified atom stereocenters. The van der Waals surface area contributed by atoms with Crippen LogP contribution in [0.4, 0.5) is 0 Å². The highest BCUT2D eigenvalue weighted by molar-refractivity contribution is 9.09. The average molecular weight is 332 g/mol. The summed E-state index contributed by atoms with van der Waals surface area (Å²) in [7, 11) is 0. The van der Waals surface area contributed by atoms with Gasteiger partial charge in [-0.2, -0.15) is 0 Å². The lowest BCUT2D eigenvalue weighted by atomic mass is 9.98. The zero-order valence-electron chi connectivity index (χ0n) is 11.2. The van der Waals surface area contributed by atoms with Gasteiger partial charge in [-0.1, -0.05) is 45.8 Å². The molecule has 20 heavy (non-hydrogen) atoms. The summed E-state index contributed by atoms with van der Waals surface area (Å²) < 4.78 is 5.12. The molecular weight excluding hydrogens is 318 g/mol. The lowest BCUT2D eigenvalue weighted by Gasteiger charge is -2.14. The van der Waals surface area contributed by atoms with Crippen molar-refractivity contribution in [3.05, 3.63) is 69.2 Å². The Labute approximate surface area is 124 Å². The quantitative estimate of drug-likeness (QED) is 0.714. The van der Waals surface area contributed by atoms with Crippen molar-refractivity contribution in [2.24, 2.45) is 0 Å². The molecule has 0 aliphatic carbocycles. The third kappa shape index (κ3) is 2.31. The molecule has 0 fully saturated rings. The van der Waals surface area contributed by atoms with E-state index < -0.39 is 5.76 Å². The van der Waals surface area contributed by atoms with Crippen LogP contribution in [-0.2, 0) is 0 Å². The van der Waals surface area contributed by atoms with Crippen LogP contribution in [0, 0.1) is 13.8 Å². The Balaban J connectivity index is 2.09. The number of rotatable bonds is 2. The van der Waals surface area contributed by atoms with Crippen LogP contribution in [0.25, 0.3) is 11.1 Å². The van der Waals surface area contributed by atoms with E-state index >= 15 is 0 Å². The Morgan fingerprint density at radius 3 is 2.75 bits per heavy atom. The lowest BCUT2D eigenvalue weighted by Crippen LogP contribution is -1.96. The molecule has 3 rings (SSSR count). The van der Waals surface area contributed by atoms with Gasteiger partial charge in [0, 0.05) is 0 Å². The number of alkyl halides is 1. The van der Waals surface area contributed by atoms with Crippen LogP contribution in [0.3, 0.4) is 0 Å². The average Bonchev–Trinajstić information content (AvgIpc) is 2.79. The first kappa shape index (κ1) is 13.2. The Kier molecular flexibility index (Phi) is 3.26. The number of H-pyrrole nitrogens is 1. The zero-order chi connectivity index (χ0) is 14.3. The van der Waals surface area contributed by atoms with E-state index in [1.807, 2.05) is 18.2 Å². The molecule has 1 atom stereocenters. The van der Waals surface area contributed by atoms with E-state index in [4.69, 9.17) is 4.42 Å². The van der Waals surface area contributed by atoms with Gasteiger partial charge >= 0.3 is 5.76 Å². The van der Waals surface area contributed by atoms with Crippen LogP contribution in [-0.4, -0.2) is 4.98 Å². The fourth-order valence-corrected chi connectivity index (χ4v) is 3.11. The summed E-state index contributed by atoms with van der Waals surface area (Å²) in [6.07, 6.45) is 0. The Bertz CT molecular complexity index is 832. The maximum atomic E-state index is 11.2. The van der Waals surface area contributed by atoms with Crippen molar-refractivity contribution in [2.75, 3.05) is 0 Å². The summed E-state index contributed by atoms with van der Waals surface area (Å²) >= 11 is 3.74. The van der Waals surface area contributed by atoms with Gasteiger partial charge in [0.05, 0.1) is 10.3 Å². The minimum absolute atomic E-state index is 0.0759. The molecule has 2 aromatic carbocycles. The minimum Gasteiger partial charge on any atom is -0.408 e. The molecular formula is C16H14BrNO2. The SMILES string of the molecule is Cc1ccc(C)c(C(Br)c2ccc3[nH]c(=O)oc3c2)c1. The van der Waals surface area contributed by atoms with Gasteiger partial charge in [0.25, 0.3) is 0 Å². The second kappa shape index (κ2) is 4.94. The van der Waals surface area contributed by atoms with E-state index in [1.165, 1.54) is 16.7 Å². The molecule has 1 aromatic heterocycles. The highest BCUT2D eigenvalue weighted by Crippen LogP contribution is 2.34. The number of halogens is 1. The maximum Gasteiger partial charge on any atom is 0.417 e. The minimum atomic E-state index is -0.421. The smallest absolute Gasteiger partial charge is 0.408 e. The largest absolute Gasteiger partial charge is 0.417 e. The third-order valence-electron chi connectivity index (χ3n) is 3.45. The van der Waals surface area contributed by atoms with E-state index in [-0.39, 0.29) is 4.83 Å². The van der Waals surface area contributed by atoms with Crippen molar-refractivity contribution < 1.29 is 4.42 Å². The van der Waals surface area contributed by atoms with Gasteiger partial charge in [-0.05, 0) is 42.7 Å². The maximum absolute atomic E-state index is 11.2. The van der Waals surface area contributed by atoms with Gasteiger partial charge in [0.15, 0.2) is 5.58 Å².